The minimum atomic E-state index is -0.852. The summed E-state index contributed by atoms with van der Waals surface area (Å²) in [6, 6.07) is 10.3. The average molecular weight is 429 g/mol. The molecule has 0 heterocycles. The molecule has 164 valence electrons. The van der Waals surface area contributed by atoms with E-state index in [4.69, 9.17) is 9.47 Å². The molecule has 0 N–H and O–H groups in total. The second-order valence-electron chi connectivity index (χ2n) is 7.53. The van der Waals surface area contributed by atoms with Gasteiger partial charge < -0.3 is 14.4 Å². The first-order valence-corrected chi connectivity index (χ1v) is 9.83. The average Bonchev–Trinajstić information content (AvgIpc) is 2.74. The molecule has 0 unspecified atom stereocenters. The SMILES string of the molecule is CN(C)c1cccc(O[C@@H]2CCCC[C@H]2OC(=O)c2cc([N+](=O)[O-])cc([N+](=O)[O-])c2)c1. The van der Waals surface area contributed by atoms with Crippen molar-refractivity contribution < 1.29 is 24.1 Å². The van der Waals surface area contributed by atoms with E-state index in [1.165, 1.54) is 0 Å². The van der Waals surface area contributed by atoms with E-state index in [1.807, 2.05) is 43.3 Å². The van der Waals surface area contributed by atoms with Crippen LogP contribution in [0.2, 0.25) is 0 Å². The molecule has 10 heteroatoms. The third kappa shape index (κ3) is 5.47. The molecule has 0 spiro atoms. The number of hydrogen-bond acceptors (Lipinski definition) is 8. The predicted molar refractivity (Wildman–Crippen MR) is 113 cm³/mol. The largest absolute Gasteiger partial charge is 0.486 e. The number of nitrogens with zero attached hydrogens (tertiary/aromatic N) is 3. The Morgan fingerprint density at radius 3 is 2.16 bits per heavy atom. The molecular weight excluding hydrogens is 406 g/mol. The Bertz CT molecular complexity index is 960. The van der Waals surface area contributed by atoms with Gasteiger partial charge in [-0.25, -0.2) is 4.79 Å². The standard InChI is InChI=1S/C21H23N3O7/c1-22(2)15-6-5-7-18(13-15)30-19-8-3-4-9-20(19)31-21(25)14-10-16(23(26)27)12-17(11-14)24(28)29/h5-7,10-13,19-20H,3-4,8-9H2,1-2H3/t19-,20-/m1/s1. The zero-order valence-electron chi connectivity index (χ0n) is 17.2. The molecule has 0 saturated heterocycles. The van der Waals surface area contributed by atoms with Crippen LogP contribution in [-0.2, 0) is 4.74 Å². The van der Waals surface area contributed by atoms with Gasteiger partial charge in [0.2, 0.25) is 0 Å². The van der Waals surface area contributed by atoms with Crippen molar-refractivity contribution in [1.29, 1.82) is 0 Å². The zero-order valence-corrected chi connectivity index (χ0v) is 17.2. The minimum Gasteiger partial charge on any atom is -0.486 e. The van der Waals surface area contributed by atoms with Crippen LogP contribution in [0.4, 0.5) is 17.1 Å². The molecule has 0 aliphatic heterocycles. The Hall–Kier alpha value is -3.69. The molecule has 0 bridgehead atoms. The summed E-state index contributed by atoms with van der Waals surface area (Å²) in [7, 11) is 3.84. The van der Waals surface area contributed by atoms with E-state index in [0.29, 0.717) is 18.6 Å². The number of carbonyl (C=O) groups excluding carboxylic acids is 1. The summed E-state index contributed by atoms with van der Waals surface area (Å²) in [6.07, 6.45) is 2.05. The molecule has 0 amide bonds. The Labute approximate surface area is 178 Å². The lowest BCUT2D eigenvalue weighted by atomic mass is 9.94. The van der Waals surface area contributed by atoms with Gasteiger partial charge in [0, 0.05) is 38.0 Å². The van der Waals surface area contributed by atoms with Crippen LogP contribution in [0.3, 0.4) is 0 Å². The van der Waals surface area contributed by atoms with Crippen LogP contribution in [0.1, 0.15) is 36.0 Å². The smallest absolute Gasteiger partial charge is 0.339 e. The highest BCUT2D eigenvalue weighted by molar-refractivity contribution is 5.91. The number of hydrogen-bond donors (Lipinski definition) is 0. The summed E-state index contributed by atoms with van der Waals surface area (Å²) in [5.74, 6) is -0.209. The van der Waals surface area contributed by atoms with Crippen molar-refractivity contribution >= 4 is 23.0 Å². The Morgan fingerprint density at radius 1 is 0.968 bits per heavy atom. The van der Waals surface area contributed by atoms with E-state index in [2.05, 4.69) is 0 Å². The van der Waals surface area contributed by atoms with E-state index >= 15 is 0 Å². The maximum atomic E-state index is 12.7. The highest BCUT2D eigenvalue weighted by Gasteiger charge is 2.31. The number of esters is 1. The highest BCUT2D eigenvalue weighted by atomic mass is 16.6. The number of rotatable bonds is 7. The molecule has 2 aromatic carbocycles. The molecule has 2 aromatic rings. The fourth-order valence-electron chi connectivity index (χ4n) is 3.47. The quantitative estimate of drug-likeness (QED) is 0.366. The maximum absolute atomic E-state index is 12.7. The van der Waals surface area contributed by atoms with Gasteiger partial charge in [0.05, 0.1) is 21.5 Å². The van der Waals surface area contributed by atoms with Gasteiger partial charge in [0.15, 0.2) is 0 Å². The zero-order chi connectivity index (χ0) is 22.5. The fourth-order valence-corrected chi connectivity index (χ4v) is 3.47. The van der Waals surface area contributed by atoms with Crippen LogP contribution >= 0.6 is 0 Å². The van der Waals surface area contributed by atoms with E-state index in [0.717, 1.165) is 36.7 Å². The molecule has 1 aliphatic carbocycles. The Balaban J connectivity index is 1.78. The predicted octanol–water partition coefficient (Wildman–Crippen LogP) is 4.12. The van der Waals surface area contributed by atoms with E-state index in [-0.39, 0.29) is 11.7 Å². The lowest BCUT2D eigenvalue weighted by Crippen LogP contribution is -2.38. The monoisotopic (exact) mass is 429 g/mol. The van der Waals surface area contributed by atoms with Crippen molar-refractivity contribution in [2.24, 2.45) is 0 Å². The number of ether oxygens (including phenoxy) is 2. The van der Waals surface area contributed by atoms with Crippen LogP contribution in [0, 0.1) is 20.2 Å². The summed E-state index contributed by atoms with van der Waals surface area (Å²) in [5, 5.41) is 22.2. The fraction of sp³-hybridized carbons (Fsp3) is 0.381. The van der Waals surface area contributed by atoms with Crippen LogP contribution < -0.4 is 9.64 Å². The third-order valence-corrected chi connectivity index (χ3v) is 5.08. The maximum Gasteiger partial charge on any atom is 0.339 e. The van der Waals surface area contributed by atoms with Crippen molar-refractivity contribution in [2.75, 3.05) is 19.0 Å². The van der Waals surface area contributed by atoms with Gasteiger partial charge in [-0.15, -0.1) is 0 Å². The van der Waals surface area contributed by atoms with Gasteiger partial charge in [-0.05, 0) is 37.8 Å². The third-order valence-electron chi connectivity index (χ3n) is 5.08. The molecule has 1 aliphatic rings. The molecule has 0 radical (unpaired) electrons. The number of non-ortho nitro benzene ring substituents is 2. The first-order chi connectivity index (χ1) is 14.7. The van der Waals surface area contributed by atoms with Gasteiger partial charge in [-0.3, -0.25) is 20.2 Å². The molecule has 1 saturated carbocycles. The normalized spacial score (nSPS) is 18.1. The van der Waals surface area contributed by atoms with Crippen molar-refractivity contribution in [2.45, 2.75) is 37.9 Å². The lowest BCUT2D eigenvalue weighted by Gasteiger charge is -2.31. The second kappa shape index (κ2) is 9.41. The minimum absolute atomic E-state index is 0.236. The van der Waals surface area contributed by atoms with Gasteiger partial charge >= 0.3 is 5.97 Å². The summed E-state index contributed by atoms with van der Waals surface area (Å²) in [5.41, 5.74) is -0.359. The number of benzene rings is 2. The van der Waals surface area contributed by atoms with Gasteiger partial charge in [-0.2, -0.15) is 0 Å². The molecular formula is C21H23N3O7. The molecule has 10 nitrogen and oxygen atoms in total. The highest BCUT2D eigenvalue weighted by Crippen LogP contribution is 2.29. The first-order valence-electron chi connectivity index (χ1n) is 9.83. The van der Waals surface area contributed by atoms with Crippen molar-refractivity contribution in [3.8, 4) is 5.75 Å². The molecule has 31 heavy (non-hydrogen) atoms. The van der Waals surface area contributed by atoms with Gasteiger partial charge in [0.25, 0.3) is 11.4 Å². The van der Waals surface area contributed by atoms with Crippen LogP contribution in [0.25, 0.3) is 0 Å². The second-order valence-corrected chi connectivity index (χ2v) is 7.53. The Kier molecular flexibility index (Phi) is 6.68. The molecule has 2 atom stereocenters. The lowest BCUT2D eigenvalue weighted by molar-refractivity contribution is -0.394. The van der Waals surface area contributed by atoms with Gasteiger partial charge in [0.1, 0.15) is 18.0 Å². The van der Waals surface area contributed by atoms with Crippen LogP contribution in [-0.4, -0.2) is 42.1 Å². The summed E-state index contributed by atoms with van der Waals surface area (Å²) < 4.78 is 11.7. The summed E-state index contributed by atoms with van der Waals surface area (Å²) >= 11 is 0. The van der Waals surface area contributed by atoms with Crippen LogP contribution in [0.15, 0.2) is 42.5 Å². The topological polar surface area (TPSA) is 125 Å². The van der Waals surface area contributed by atoms with E-state index < -0.39 is 33.3 Å². The van der Waals surface area contributed by atoms with Crippen molar-refractivity contribution in [1.82, 2.24) is 0 Å². The number of carbonyl (C=O) groups is 1. The number of nitro benzene ring substituents is 2. The Morgan fingerprint density at radius 2 is 1.58 bits per heavy atom. The number of anilines is 1. The van der Waals surface area contributed by atoms with Crippen molar-refractivity contribution in [3.63, 3.8) is 0 Å². The van der Waals surface area contributed by atoms with E-state index in [1.54, 1.807) is 0 Å². The van der Waals surface area contributed by atoms with Crippen molar-refractivity contribution in [3.05, 3.63) is 68.3 Å². The first kappa shape index (κ1) is 22.0. The van der Waals surface area contributed by atoms with E-state index in [9.17, 15) is 25.0 Å². The summed E-state index contributed by atoms with van der Waals surface area (Å²) in [6.45, 7) is 0. The van der Waals surface area contributed by atoms with Gasteiger partial charge in [-0.1, -0.05) is 6.07 Å². The molecule has 0 aromatic heterocycles. The summed E-state index contributed by atoms with van der Waals surface area (Å²) in [4.78, 5) is 35.2. The van der Waals surface area contributed by atoms with Crippen LogP contribution in [0.5, 0.6) is 5.75 Å². The molecule has 3 rings (SSSR count). The molecule has 1 fully saturated rings. The number of nitro groups is 2.